The van der Waals surface area contributed by atoms with E-state index in [1.54, 1.807) is 6.07 Å². The predicted octanol–water partition coefficient (Wildman–Crippen LogP) is 4.15. The van der Waals surface area contributed by atoms with Gasteiger partial charge in [0.25, 0.3) is 0 Å². The van der Waals surface area contributed by atoms with Crippen LogP contribution in [0.2, 0.25) is 5.02 Å². The maximum absolute atomic E-state index is 11.8. The fraction of sp³-hybridized carbons (Fsp3) is 0.0714. The normalized spacial score (nSPS) is 10.0. The molecule has 0 radical (unpaired) electrons. The lowest BCUT2D eigenvalue weighted by Gasteiger charge is -2.09. The molecule has 98 valence electrons. The number of carbonyl (C=O) groups is 1. The first-order valence-electron chi connectivity index (χ1n) is 5.69. The van der Waals surface area contributed by atoms with E-state index >= 15 is 0 Å². The van der Waals surface area contributed by atoms with E-state index in [9.17, 15) is 4.79 Å². The molecule has 0 saturated carbocycles. The van der Waals surface area contributed by atoms with Crippen molar-refractivity contribution in [2.24, 2.45) is 0 Å². The number of halogens is 2. The van der Waals surface area contributed by atoms with E-state index in [2.05, 4.69) is 26.6 Å². The molecule has 5 heteroatoms. The van der Waals surface area contributed by atoms with Crippen LogP contribution in [0.15, 0.2) is 53.0 Å². The lowest BCUT2D eigenvalue weighted by Crippen LogP contribution is -2.21. The van der Waals surface area contributed by atoms with Gasteiger partial charge >= 0.3 is 0 Å². The first-order chi connectivity index (χ1) is 9.15. The van der Waals surface area contributed by atoms with Crippen molar-refractivity contribution in [3.05, 3.63) is 58.0 Å². The zero-order valence-electron chi connectivity index (χ0n) is 9.99. The van der Waals surface area contributed by atoms with E-state index in [0.717, 1.165) is 15.8 Å². The van der Waals surface area contributed by atoms with Crippen molar-refractivity contribution in [3.8, 4) is 0 Å². The SMILES string of the molecule is O=C(CNc1cc(Br)ccc1Cl)Nc1ccccc1. The van der Waals surface area contributed by atoms with Crippen molar-refractivity contribution >= 4 is 44.8 Å². The lowest BCUT2D eigenvalue weighted by molar-refractivity contribution is -0.114. The van der Waals surface area contributed by atoms with Crippen LogP contribution in [0.25, 0.3) is 0 Å². The summed E-state index contributed by atoms with van der Waals surface area (Å²) in [5.74, 6) is -0.123. The summed E-state index contributed by atoms with van der Waals surface area (Å²) < 4.78 is 0.905. The standard InChI is InChI=1S/C14H12BrClN2O/c15-10-6-7-12(16)13(8-10)17-9-14(19)18-11-4-2-1-3-5-11/h1-8,17H,9H2,(H,18,19). The second kappa shape index (κ2) is 6.59. The smallest absolute Gasteiger partial charge is 0.243 e. The molecule has 0 aliphatic heterocycles. The molecule has 0 fully saturated rings. The summed E-state index contributed by atoms with van der Waals surface area (Å²) in [6.07, 6.45) is 0. The number of para-hydroxylation sites is 1. The minimum atomic E-state index is -0.123. The highest BCUT2D eigenvalue weighted by molar-refractivity contribution is 9.10. The fourth-order valence-corrected chi connectivity index (χ4v) is 2.08. The Bertz CT molecular complexity index is 575. The van der Waals surface area contributed by atoms with Gasteiger partial charge in [0.05, 0.1) is 17.3 Å². The van der Waals surface area contributed by atoms with Gasteiger partial charge in [0.2, 0.25) is 5.91 Å². The molecule has 0 saturated heterocycles. The molecule has 0 unspecified atom stereocenters. The van der Waals surface area contributed by atoms with Crippen LogP contribution in [0, 0.1) is 0 Å². The Morgan fingerprint density at radius 2 is 1.89 bits per heavy atom. The van der Waals surface area contributed by atoms with Gasteiger partial charge in [-0.25, -0.2) is 0 Å². The molecule has 0 atom stereocenters. The Morgan fingerprint density at radius 1 is 1.16 bits per heavy atom. The summed E-state index contributed by atoms with van der Waals surface area (Å²) in [5, 5.41) is 6.37. The van der Waals surface area contributed by atoms with Gasteiger partial charge in [-0.2, -0.15) is 0 Å². The summed E-state index contributed by atoms with van der Waals surface area (Å²) in [7, 11) is 0. The van der Waals surface area contributed by atoms with E-state index in [4.69, 9.17) is 11.6 Å². The minimum absolute atomic E-state index is 0.123. The molecule has 0 bridgehead atoms. The zero-order chi connectivity index (χ0) is 13.7. The Balaban J connectivity index is 1.92. The Morgan fingerprint density at radius 3 is 2.63 bits per heavy atom. The number of benzene rings is 2. The van der Waals surface area contributed by atoms with E-state index in [-0.39, 0.29) is 12.5 Å². The van der Waals surface area contributed by atoms with Crippen LogP contribution in [0.4, 0.5) is 11.4 Å². The molecule has 19 heavy (non-hydrogen) atoms. The monoisotopic (exact) mass is 338 g/mol. The highest BCUT2D eigenvalue weighted by Gasteiger charge is 2.04. The number of rotatable bonds is 4. The van der Waals surface area contributed by atoms with Crippen molar-refractivity contribution in [3.63, 3.8) is 0 Å². The van der Waals surface area contributed by atoms with Crippen LogP contribution in [-0.4, -0.2) is 12.5 Å². The molecule has 0 aromatic heterocycles. The summed E-state index contributed by atoms with van der Waals surface area (Å²) in [5.41, 5.74) is 1.49. The number of hydrogen-bond donors (Lipinski definition) is 2. The number of anilines is 2. The first-order valence-corrected chi connectivity index (χ1v) is 6.86. The average molecular weight is 340 g/mol. The Labute approximate surface area is 125 Å². The summed E-state index contributed by atoms with van der Waals surface area (Å²) >= 11 is 9.38. The van der Waals surface area contributed by atoms with Crippen LogP contribution in [0.5, 0.6) is 0 Å². The van der Waals surface area contributed by atoms with E-state index in [0.29, 0.717) is 5.02 Å². The third kappa shape index (κ3) is 4.26. The van der Waals surface area contributed by atoms with Gasteiger partial charge in [0.1, 0.15) is 0 Å². The molecule has 1 amide bonds. The third-order valence-corrected chi connectivity index (χ3v) is 3.25. The molecule has 2 rings (SSSR count). The van der Waals surface area contributed by atoms with Crippen molar-refractivity contribution in [2.75, 3.05) is 17.2 Å². The lowest BCUT2D eigenvalue weighted by atomic mass is 10.3. The molecule has 3 nitrogen and oxygen atoms in total. The molecule has 2 aromatic carbocycles. The number of nitrogens with one attached hydrogen (secondary N) is 2. The van der Waals surface area contributed by atoms with E-state index in [1.807, 2.05) is 42.5 Å². The van der Waals surface area contributed by atoms with Crippen LogP contribution in [0.1, 0.15) is 0 Å². The van der Waals surface area contributed by atoms with Crippen LogP contribution < -0.4 is 10.6 Å². The van der Waals surface area contributed by atoms with Crippen molar-refractivity contribution in [1.82, 2.24) is 0 Å². The second-order valence-corrected chi connectivity index (χ2v) is 5.21. The Kier molecular flexibility index (Phi) is 4.82. The van der Waals surface area contributed by atoms with Crippen molar-refractivity contribution < 1.29 is 4.79 Å². The maximum Gasteiger partial charge on any atom is 0.243 e. The van der Waals surface area contributed by atoms with Crippen LogP contribution in [0.3, 0.4) is 0 Å². The molecule has 2 aromatic rings. The Hall–Kier alpha value is -1.52. The number of carbonyl (C=O) groups excluding carboxylic acids is 1. The summed E-state index contributed by atoms with van der Waals surface area (Å²) in [4.78, 5) is 11.8. The second-order valence-electron chi connectivity index (χ2n) is 3.89. The largest absolute Gasteiger partial charge is 0.375 e. The average Bonchev–Trinajstić information content (AvgIpc) is 2.41. The first kappa shape index (κ1) is 13.9. The topological polar surface area (TPSA) is 41.1 Å². The molecule has 0 heterocycles. The van der Waals surface area contributed by atoms with Crippen molar-refractivity contribution in [1.29, 1.82) is 0 Å². The number of amides is 1. The molecular weight excluding hydrogens is 328 g/mol. The van der Waals surface area contributed by atoms with E-state index < -0.39 is 0 Å². The van der Waals surface area contributed by atoms with Gasteiger partial charge in [0, 0.05) is 10.2 Å². The van der Waals surface area contributed by atoms with Crippen LogP contribution >= 0.6 is 27.5 Å². The van der Waals surface area contributed by atoms with Gasteiger partial charge < -0.3 is 10.6 Å². The molecule has 0 aliphatic carbocycles. The number of hydrogen-bond acceptors (Lipinski definition) is 2. The molecule has 0 spiro atoms. The quantitative estimate of drug-likeness (QED) is 0.878. The molecular formula is C14H12BrClN2O. The third-order valence-electron chi connectivity index (χ3n) is 2.43. The zero-order valence-corrected chi connectivity index (χ0v) is 12.3. The van der Waals surface area contributed by atoms with Gasteiger partial charge in [0.15, 0.2) is 0 Å². The van der Waals surface area contributed by atoms with E-state index in [1.165, 1.54) is 0 Å². The highest BCUT2D eigenvalue weighted by Crippen LogP contribution is 2.25. The minimum Gasteiger partial charge on any atom is -0.375 e. The van der Waals surface area contributed by atoms with Crippen LogP contribution in [-0.2, 0) is 4.79 Å². The predicted molar refractivity (Wildman–Crippen MR) is 82.7 cm³/mol. The van der Waals surface area contributed by atoms with Gasteiger partial charge in [-0.15, -0.1) is 0 Å². The molecule has 2 N–H and O–H groups in total. The van der Waals surface area contributed by atoms with Gasteiger partial charge in [-0.05, 0) is 30.3 Å². The van der Waals surface area contributed by atoms with Gasteiger partial charge in [-0.1, -0.05) is 45.7 Å². The maximum atomic E-state index is 11.8. The summed E-state index contributed by atoms with van der Waals surface area (Å²) in [6, 6.07) is 14.8. The fourth-order valence-electron chi connectivity index (χ4n) is 1.54. The van der Waals surface area contributed by atoms with Crippen molar-refractivity contribution in [2.45, 2.75) is 0 Å². The molecule has 0 aliphatic rings. The summed E-state index contributed by atoms with van der Waals surface area (Å²) in [6.45, 7) is 0.158. The van der Waals surface area contributed by atoms with Gasteiger partial charge in [-0.3, -0.25) is 4.79 Å². The highest BCUT2D eigenvalue weighted by atomic mass is 79.9.